The van der Waals surface area contributed by atoms with Crippen molar-refractivity contribution in [2.75, 3.05) is 23.4 Å². The summed E-state index contributed by atoms with van der Waals surface area (Å²) in [6, 6.07) is 10.7. The van der Waals surface area contributed by atoms with Gasteiger partial charge in [-0.15, -0.1) is 0 Å². The Morgan fingerprint density at radius 1 is 1.27 bits per heavy atom. The lowest BCUT2D eigenvalue weighted by molar-refractivity contribution is 0.0949. The molecule has 1 aromatic carbocycles. The van der Waals surface area contributed by atoms with E-state index in [1.807, 2.05) is 24.3 Å². The van der Waals surface area contributed by atoms with Crippen molar-refractivity contribution in [2.24, 2.45) is 0 Å². The van der Waals surface area contributed by atoms with Crippen LogP contribution in [0, 0.1) is 0 Å². The largest absolute Gasteiger partial charge is 0.381 e. The van der Waals surface area contributed by atoms with E-state index < -0.39 is 9.84 Å². The van der Waals surface area contributed by atoms with Crippen molar-refractivity contribution in [3.05, 3.63) is 58.9 Å². The van der Waals surface area contributed by atoms with Gasteiger partial charge < -0.3 is 10.6 Å². The summed E-state index contributed by atoms with van der Waals surface area (Å²) in [6.45, 7) is 0.472. The van der Waals surface area contributed by atoms with Gasteiger partial charge in [-0.25, -0.2) is 8.42 Å². The first-order chi connectivity index (χ1) is 12.4. The number of anilines is 1. The quantitative estimate of drug-likeness (QED) is 0.786. The standard InChI is InChI=1S/C18H20ClN3O3S/c19-14-3-1-2-13(10-14)4-7-21-18(23)17-11-15(5-8-20-17)22-16-6-9-26(24,25)12-16/h1-3,5,8,10-11,16H,4,6-7,9,12H2,(H,20,22)(H,21,23). The highest BCUT2D eigenvalue weighted by Gasteiger charge is 2.27. The van der Waals surface area contributed by atoms with Crippen molar-refractivity contribution >= 4 is 33.0 Å². The molecule has 2 N–H and O–H groups in total. The second kappa shape index (κ2) is 8.05. The van der Waals surface area contributed by atoms with Crippen LogP contribution in [0.4, 0.5) is 5.69 Å². The van der Waals surface area contributed by atoms with E-state index >= 15 is 0 Å². The van der Waals surface area contributed by atoms with Crippen LogP contribution in [-0.2, 0) is 16.3 Å². The van der Waals surface area contributed by atoms with E-state index in [4.69, 9.17) is 11.6 Å². The van der Waals surface area contributed by atoms with Gasteiger partial charge in [0.25, 0.3) is 5.91 Å². The molecule has 1 fully saturated rings. The van der Waals surface area contributed by atoms with Gasteiger partial charge in [-0.3, -0.25) is 9.78 Å². The van der Waals surface area contributed by atoms with Crippen molar-refractivity contribution in [2.45, 2.75) is 18.9 Å². The third kappa shape index (κ3) is 5.19. The van der Waals surface area contributed by atoms with Gasteiger partial charge in [0.15, 0.2) is 9.84 Å². The maximum absolute atomic E-state index is 12.3. The van der Waals surface area contributed by atoms with Gasteiger partial charge in [0.05, 0.1) is 11.5 Å². The first kappa shape index (κ1) is 18.7. The van der Waals surface area contributed by atoms with Crippen LogP contribution in [0.3, 0.4) is 0 Å². The number of rotatable bonds is 6. The van der Waals surface area contributed by atoms with E-state index in [9.17, 15) is 13.2 Å². The highest BCUT2D eigenvalue weighted by molar-refractivity contribution is 7.91. The van der Waals surface area contributed by atoms with Crippen LogP contribution in [0.5, 0.6) is 0 Å². The summed E-state index contributed by atoms with van der Waals surface area (Å²) in [7, 11) is -2.95. The molecule has 26 heavy (non-hydrogen) atoms. The number of pyridine rings is 1. The summed E-state index contributed by atoms with van der Waals surface area (Å²) >= 11 is 5.95. The molecule has 0 spiro atoms. The Kier molecular flexibility index (Phi) is 5.78. The van der Waals surface area contributed by atoms with Gasteiger partial charge in [0.1, 0.15) is 5.69 Å². The molecule has 2 aromatic rings. The predicted molar refractivity (Wildman–Crippen MR) is 102 cm³/mol. The number of nitrogens with zero attached hydrogens (tertiary/aromatic N) is 1. The molecule has 1 aliphatic rings. The second-order valence-electron chi connectivity index (χ2n) is 6.31. The summed E-state index contributed by atoms with van der Waals surface area (Å²) < 4.78 is 23.1. The topological polar surface area (TPSA) is 88.2 Å². The number of amides is 1. The molecule has 1 aliphatic heterocycles. The van der Waals surface area contributed by atoms with Crippen molar-refractivity contribution in [1.29, 1.82) is 0 Å². The molecule has 0 aliphatic carbocycles. The highest BCUT2D eigenvalue weighted by Crippen LogP contribution is 2.18. The zero-order chi connectivity index (χ0) is 18.6. The Balaban J connectivity index is 1.54. The number of hydrogen-bond acceptors (Lipinski definition) is 5. The lowest BCUT2D eigenvalue weighted by atomic mass is 10.1. The molecule has 0 radical (unpaired) electrons. The molecule has 0 bridgehead atoms. The van der Waals surface area contributed by atoms with Crippen LogP contribution in [-0.4, -0.2) is 43.4 Å². The Labute approximate surface area is 157 Å². The summed E-state index contributed by atoms with van der Waals surface area (Å²) in [6.07, 6.45) is 2.79. The molecular weight excluding hydrogens is 374 g/mol. The van der Waals surface area contributed by atoms with E-state index in [-0.39, 0.29) is 23.5 Å². The van der Waals surface area contributed by atoms with Crippen molar-refractivity contribution in [3.63, 3.8) is 0 Å². The van der Waals surface area contributed by atoms with Gasteiger partial charge in [0.2, 0.25) is 0 Å². The molecule has 8 heteroatoms. The zero-order valence-corrected chi connectivity index (χ0v) is 15.7. The van der Waals surface area contributed by atoms with Crippen molar-refractivity contribution < 1.29 is 13.2 Å². The number of hydrogen-bond donors (Lipinski definition) is 2. The first-order valence-corrected chi connectivity index (χ1v) is 10.6. The SMILES string of the molecule is O=C(NCCc1cccc(Cl)c1)c1cc(NC2CCS(=O)(=O)C2)ccn1. The van der Waals surface area contributed by atoms with Gasteiger partial charge in [-0.2, -0.15) is 0 Å². The summed E-state index contributed by atoms with van der Waals surface area (Å²) in [5.74, 6) is 0.0537. The minimum atomic E-state index is -2.95. The van der Waals surface area contributed by atoms with E-state index in [1.165, 1.54) is 6.20 Å². The van der Waals surface area contributed by atoms with Crippen molar-refractivity contribution in [3.8, 4) is 0 Å². The Hall–Kier alpha value is -2.12. The molecule has 3 rings (SSSR count). The minimum Gasteiger partial charge on any atom is -0.381 e. The molecule has 0 saturated carbocycles. The third-order valence-electron chi connectivity index (χ3n) is 4.18. The molecule has 1 saturated heterocycles. The fraction of sp³-hybridized carbons (Fsp3) is 0.333. The molecule has 1 unspecified atom stereocenters. The van der Waals surface area contributed by atoms with Gasteiger partial charge in [-0.05, 0) is 42.7 Å². The van der Waals surface area contributed by atoms with E-state index in [2.05, 4.69) is 15.6 Å². The van der Waals surface area contributed by atoms with Crippen LogP contribution in [0.1, 0.15) is 22.5 Å². The highest BCUT2D eigenvalue weighted by atomic mass is 35.5. The van der Waals surface area contributed by atoms with Crippen LogP contribution >= 0.6 is 11.6 Å². The monoisotopic (exact) mass is 393 g/mol. The molecule has 6 nitrogen and oxygen atoms in total. The maximum atomic E-state index is 12.3. The average Bonchev–Trinajstić information content (AvgIpc) is 2.93. The number of carbonyl (C=O) groups is 1. The number of sulfone groups is 1. The lowest BCUT2D eigenvalue weighted by Gasteiger charge is -2.13. The minimum absolute atomic E-state index is 0.122. The Morgan fingerprint density at radius 2 is 2.12 bits per heavy atom. The van der Waals surface area contributed by atoms with Gasteiger partial charge in [-0.1, -0.05) is 23.7 Å². The number of carbonyl (C=O) groups excluding carboxylic acids is 1. The summed E-state index contributed by atoms with van der Waals surface area (Å²) in [5.41, 5.74) is 2.03. The Bertz CT molecular complexity index is 902. The molecular formula is C18H20ClN3O3S. The van der Waals surface area contributed by atoms with E-state index in [1.54, 1.807) is 12.1 Å². The number of halogens is 1. The smallest absolute Gasteiger partial charge is 0.269 e. The third-order valence-corrected chi connectivity index (χ3v) is 6.19. The first-order valence-electron chi connectivity index (χ1n) is 8.37. The average molecular weight is 394 g/mol. The summed E-state index contributed by atoms with van der Waals surface area (Å²) in [5, 5.41) is 6.67. The fourth-order valence-corrected chi connectivity index (χ4v) is 4.78. The van der Waals surface area contributed by atoms with Gasteiger partial charge in [0, 0.05) is 29.5 Å². The van der Waals surface area contributed by atoms with E-state index in [0.29, 0.717) is 35.8 Å². The lowest BCUT2D eigenvalue weighted by Crippen LogP contribution is -2.27. The van der Waals surface area contributed by atoms with Crippen LogP contribution in [0.25, 0.3) is 0 Å². The van der Waals surface area contributed by atoms with Crippen LogP contribution < -0.4 is 10.6 Å². The molecule has 1 atom stereocenters. The maximum Gasteiger partial charge on any atom is 0.269 e. The van der Waals surface area contributed by atoms with Crippen LogP contribution in [0.15, 0.2) is 42.6 Å². The predicted octanol–water partition coefficient (Wildman–Crippen LogP) is 2.31. The second-order valence-corrected chi connectivity index (χ2v) is 8.98. The number of benzene rings is 1. The Morgan fingerprint density at radius 3 is 2.85 bits per heavy atom. The fourth-order valence-electron chi connectivity index (χ4n) is 2.89. The summed E-state index contributed by atoms with van der Waals surface area (Å²) in [4.78, 5) is 16.4. The number of aromatic nitrogens is 1. The molecule has 2 heterocycles. The van der Waals surface area contributed by atoms with E-state index in [0.717, 1.165) is 5.56 Å². The molecule has 1 amide bonds. The molecule has 138 valence electrons. The van der Waals surface area contributed by atoms with Gasteiger partial charge >= 0.3 is 0 Å². The van der Waals surface area contributed by atoms with Crippen molar-refractivity contribution in [1.82, 2.24) is 10.3 Å². The zero-order valence-electron chi connectivity index (χ0n) is 14.1. The number of nitrogens with one attached hydrogen (secondary N) is 2. The molecule has 1 aromatic heterocycles. The van der Waals surface area contributed by atoms with Crippen LogP contribution in [0.2, 0.25) is 5.02 Å². The normalized spacial score (nSPS) is 18.4.